The Kier molecular flexibility index (Phi) is 8.25. The summed E-state index contributed by atoms with van der Waals surface area (Å²) < 4.78 is 17.9. The monoisotopic (exact) mass is 564 g/mol. The molecule has 1 heterocycles. The number of urea groups is 1. The molecule has 1 aliphatic heterocycles. The molecule has 0 atom stereocenters. The summed E-state index contributed by atoms with van der Waals surface area (Å²) >= 11 is 3.50. The van der Waals surface area contributed by atoms with Gasteiger partial charge in [0.05, 0.1) is 16.8 Å². The third-order valence-electron chi connectivity index (χ3n) is 5.35. The van der Waals surface area contributed by atoms with Crippen molar-refractivity contribution in [3.8, 4) is 17.2 Å². The van der Waals surface area contributed by atoms with Gasteiger partial charge in [-0.15, -0.1) is 0 Å². The van der Waals surface area contributed by atoms with Gasteiger partial charge in [0, 0.05) is 0 Å². The van der Waals surface area contributed by atoms with Gasteiger partial charge in [0.1, 0.15) is 24.5 Å². The van der Waals surface area contributed by atoms with E-state index in [1.807, 2.05) is 50.2 Å². The summed E-state index contributed by atoms with van der Waals surface area (Å²) in [5.74, 6) is 0.152. The molecule has 0 bridgehead atoms. The van der Waals surface area contributed by atoms with Gasteiger partial charge in [-0.3, -0.25) is 14.9 Å². The summed E-state index contributed by atoms with van der Waals surface area (Å²) in [6.07, 6.45) is 1.42. The van der Waals surface area contributed by atoms with Crippen molar-refractivity contribution in [2.45, 2.75) is 13.8 Å². The molecule has 0 radical (unpaired) electrons. The molecule has 0 unspecified atom stereocenters. The maximum atomic E-state index is 13.2. The molecular weight excluding hydrogens is 540 g/mol. The van der Waals surface area contributed by atoms with E-state index in [2.05, 4.69) is 21.2 Å². The fourth-order valence-electron chi connectivity index (χ4n) is 3.72. The van der Waals surface area contributed by atoms with Gasteiger partial charge in [-0.2, -0.15) is 0 Å². The molecular formula is C28H25BrN2O6. The van der Waals surface area contributed by atoms with Crippen LogP contribution < -0.4 is 24.4 Å². The number of ether oxygens (including phenoxy) is 3. The third-order valence-corrected chi connectivity index (χ3v) is 5.93. The lowest BCUT2D eigenvalue weighted by Gasteiger charge is -2.26. The van der Waals surface area contributed by atoms with Gasteiger partial charge in [-0.1, -0.05) is 30.3 Å². The number of barbiturate groups is 1. The number of hydrogen-bond donors (Lipinski definition) is 1. The number of anilines is 1. The van der Waals surface area contributed by atoms with Crippen molar-refractivity contribution in [3.05, 3.63) is 87.9 Å². The third kappa shape index (κ3) is 6.18. The second-order valence-corrected chi connectivity index (χ2v) is 8.92. The normalized spacial score (nSPS) is 14.5. The highest BCUT2D eigenvalue weighted by molar-refractivity contribution is 9.10. The number of para-hydroxylation sites is 1. The molecule has 4 rings (SSSR count). The number of halogens is 1. The number of nitrogens with zero attached hydrogens (tertiary/aromatic N) is 1. The number of aryl methyl sites for hydroxylation is 1. The maximum Gasteiger partial charge on any atom is 0.335 e. The predicted octanol–water partition coefficient (Wildman–Crippen LogP) is 5.28. The van der Waals surface area contributed by atoms with E-state index in [1.54, 1.807) is 30.3 Å². The molecule has 0 spiro atoms. The van der Waals surface area contributed by atoms with Gasteiger partial charge >= 0.3 is 6.03 Å². The van der Waals surface area contributed by atoms with E-state index >= 15 is 0 Å². The van der Waals surface area contributed by atoms with E-state index in [1.165, 1.54) is 6.08 Å². The number of carbonyl (C=O) groups excluding carboxylic acids is 3. The number of benzene rings is 3. The van der Waals surface area contributed by atoms with Crippen LogP contribution in [0.3, 0.4) is 0 Å². The standard InChI is InChI=1S/C28H25BrN2O6/c1-3-35-24-17-19(16-23(29)25(24)37-13-12-36-21-10-5-4-6-11-21)15-22-26(32)30-28(34)31(27(22)33)20-9-7-8-18(2)14-20/h4-11,14-17H,3,12-13H2,1-2H3,(H,30,32,34). The average molecular weight is 565 g/mol. The molecule has 1 N–H and O–H groups in total. The number of nitrogens with one attached hydrogen (secondary N) is 1. The first-order chi connectivity index (χ1) is 17.9. The zero-order chi connectivity index (χ0) is 26.4. The first-order valence-electron chi connectivity index (χ1n) is 11.6. The van der Waals surface area contributed by atoms with Gasteiger partial charge < -0.3 is 14.2 Å². The molecule has 1 aliphatic rings. The number of carbonyl (C=O) groups is 3. The lowest BCUT2D eigenvalue weighted by molar-refractivity contribution is -0.122. The molecule has 3 aromatic carbocycles. The van der Waals surface area contributed by atoms with Gasteiger partial charge in [0.2, 0.25) is 0 Å². The zero-order valence-electron chi connectivity index (χ0n) is 20.3. The average Bonchev–Trinajstić information content (AvgIpc) is 2.86. The fourth-order valence-corrected chi connectivity index (χ4v) is 4.29. The number of hydrogen-bond acceptors (Lipinski definition) is 6. The van der Waals surface area contributed by atoms with E-state index in [4.69, 9.17) is 14.2 Å². The zero-order valence-corrected chi connectivity index (χ0v) is 21.9. The number of imide groups is 2. The van der Waals surface area contributed by atoms with Crippen molar-refractivity contribution in [3.63, 3.8) is 0 Å². The van der Waals surface area contributed by atoms with E-state index in [-0.39, 0.29) is 12.2 Å². The molecule has 0 aliphatic carbocycles. The van der Waals surface area contributed by atoms with Crippen LogP contribution in [-0.2, 0) is 9.59 Å². The molecule has 190 valence electrons. The Morgan fingerprint density at radius 2 is 1.68 bits per heavy atom. The summed E-state index contributed by atoms with van der Waals surface area (Å²) in [5, 5.41) is 2.24. The second-order valence-electron chi connectivity index (χ2n) is 8.07. The van der Waals surface area contributed by atoms with Gasteiger partial charge in [0.25, 0.3) is 11.8 Å². The van der Waals surface area contributed by atoms with Crippen LogP contribution in [0.5, 0.6) is 17.2 Å². The number of amides is 4. The SMILES string of the molecule is CCOc1cc(C=C2C(=O)NC(=O)N(c3cccc(C)c3)C2=O)cc(Br)c1OCCOc1ccccc1. The predicted molar refractivity (Wildman–Crippen MR) is 143 cm³/mol. The highest BCUT2D eigenvalue weighted by atomic mass is 79.9. The summed E-state index contributed by atoms with van der Waals surface area (Å²) in [6.45, 7) is 4.65. The van der Waals surface area contributed by atoms with E-state index in [0.717, 1.165) is 16.2 Å². The van der Waals surface area contributed by atoms with Crippen LogP contribution in [0.15, 0.2) is 76.8 Å². The fraction of sp³-hybridized carbons (Fsp3) is 0.179. The Bertz CT molecular complexity index is 1360. The van der Waals surface area contributed by atoms with Crippen LogP contribution in [0.4, 0.5) is 10.5 Å². The topological polar surface area (TPSA) is 94.2 Å². The Hall–Kier alpha value is -4.11. The molecule has 3 aromatic rings. The van der Waals surface area contributed by atoms with Crippen molar-refractivity contribution in [1.82, 2.24) is 5.32 Å². The minimum Gasteiger partial charge on any atom is -0.490 e. The molecule has 9 heteroatoms. The second kappa shape index (κ2) is 11.7. The van der Waals surface area contributed by atoms with Crippen LogP contribution in [0.25, 0.3) is 6.08 Å². The molecule has 1 fully saturated rings. The van der Waals surface area contributed by atoms with Crippen LogP contribution in [0.2, 0.25) is 0 Å². The Balaban J connectivity index is 1.57. The maximum absolute atomic E-state index is 13.2. The number of rotatable bonds is 9. The lowest BCUT2D eigenvalue weighted by Crippen LogP contribution is -2.54. The molecule has 0 saturated carbocycles. The van der Waals surface area contributed by atoms with Crippen LogP contribution >= 0.6 is 15.9 Å². The summed E-state index contributed by atoms with van der Waals surface area (Å²) in [6, 6.07) is 18.9. The Morgan fingerprint density at radius 1 is 0.919 bits per heavy atom. The van der Waals surface area contributed by atoms with Crippen LogP contribution in [0.1, 0.15) is 18.1 Å². The van der Waals surface area contributed by atoms with Crippen LogP contribution in [-0.4, -0.2) is 37.7 Å². The molecule has 4 amide bonds. The lowest BCUT2D eigenvalue weighted by atomic mass is 10.1. The molecule has 37 heavy (non-hydrogen) atoms. The largest absolute Gasteiger partial charge is 0.490 e. The summed E-state index contributed by atoms with van der Waals surface area (Å²) in [4.78, 5) is 39.2. The van der Waals surface area contributed by atoms with Gasteiger partial charge in [-0.25, -0.2) is 9.69 Å². The summed E-state index contributed by atoms with van der Waals surface area (Å²) in [7, 11) is 0. The van der Waals surface area contributed by atoms with Crippen molar-refractivity contribution >= 4 is 45.5 Å². The first kappa shape index (κ1) is 26.0. The van der Waals surface area contributed by atoms with Gasteiger partial charge in [-0.05, 0) is 83.4 Å². The van der Waals surface area contributed by atoms with Crippen molar-refractivity contribution in [1.29, 1.82) is 0 Å². The van der Waals surface area contributed by atoms with Crippen molar-refractivity contribution in [2.75, 3.05) is 24.7 Å². The highest BCUT2D eigenvalue weighted by Gasteiger charge is 2.36. The van der Waals surface area contributed by atoms with Crippen LogP contribution in [0, 0.1) is 6.92 Å². The van der Waals surface area contributed by atoms with E-state index < -0.39 is 17.8 Å². The smallest absolute Gasteiger partial charge is 0.335 e. The van der Waals surface area contributed by atoms with Gasteiger partial charge in [0.15, 0.2) is 11.5 Å². The van der Waals surface area contributed by atoms with Crippen molar-refractivity contribution in [2.24, 2.45) is 0 Å². The minimum absolute atomic E-state index is 0.180. The Morgan fingerprint density at radius 3 is 2.41 bits per heavy atom. The minimum atomic E-state index is -0.796. The molecule has 0 aromatic heterocycles. The van der Waals surface area contributed by atoms with E-state index in [9.17, 15) is 14.4 Å². The Labute approximate surface area is 223 Å². The first-order valence-corrected chi connectivity index (χ1v) is 12.4. The van der Waals surface area contributed by atoms with Crippen molar-refractivity contribution < 1.29 is 28.6 Å². The molecule has 1 saturated heterocycles. The molecule has 8 nitrogen and oxygen atoms in total. The highest BCUT2D eigenvalue weighted by Crippen LogP contribution is 2.38. The van der Waals surface area contributed by atoms with E-state index in [0.29, 0.717) is 40.4 Å². The quantitative estimate of drug-likeness (QED) is 0.216. The summed E-state index contributed by atoms with van der Waals surface area (Å²) in [5.41, 5.74) is 1.58.